The Morgan fingerprint density at radius 2 is 2.00 bits per heavy atom. The number of benzene rings is 1. The van der Waals surface area contributed by atoms with Crippen molar-refractivity contribution in [1.82, 2.24) is 5.32 Å². The summed E-state index contributed by atoms with van der Waals surface area (Å²) in [4.78, 5) is 11.5. The second-order valence-corrected chi connectivity index (χ2v) is 5.50. The quantitative estimate of drug-likeness (QED) is 0.896. The predicted octanol–water partition coefficient (Wildman–Crippen LogP) is 2.50. The summed E-state index contributed by atoms with van der Waals surface area (Å²) in [5.41, 5.74) is 5.33. The van der Waals surface area contributed by atoms with Gasteiger partial charge < -0.3 is 20.5 Å². The van der Waals surface area contributed by atoms with Crippen molar-refractivity contribution >= 4 is 6.09 Å². The number of hydrogen-bond donors (Lipinski definition) is 2. The van der Waals surface area contributed by atoms with Crippen LogP contribution in [0.15, 0.2) is 12.1 Å². The van der Waals surface area contributed by atoms with E-state index in [2.05, 4.69) is 5.32 Å². The normalized spacial score (nSPS) is 12.7. The minimum Gasteiger partial charge on any atom is -0.493 e. The van der Waals surface area contributed by atoms with E-state index in [0.29, 0.717) is 6.07 Å². The van der Waals surface area contributed by atoms with E-state index in [9.17, 15) is 13.6 Å². The molecule has 21 heavy (non-hydrogen) atoms. The smallest absolute Gasteiger partial charge is 0.407 e. The third-order valence-electron chi connectivity index (χ3n) is 2.51. The molecular weight excluding hydrogens is 282 g/mol. The molecule has 5 nitrogen and oxygen atoms in total. The Kier molecular flexibility index (Phi) is 5.48. The van der Waals surface area contributed by atoms with Gasteiger partial charge in [0.05, 0.1) is 13.2 Å². The van der Waals surface area contributed by atoms with E-state index in [1.807, 2.05) is 0 Å². The molecular formula is C14H20F2N2O3. The van der Waals surface area contributed by atoms with Gasteiger partial charge in [-0.2, -0.15) is 0 Å². The lowest BCUT2D eigenvalue weighted by Crippen LogP contribution is -2.36. The molecule has 1 atom stereocenters. The molecule has 0 aliphatic heterocycles. The Balaban J connectivity index is 2.76. The van der Waals surface area contributed by atoms with Crippen molar-refractivity contribution in [2.45, 2.75) is 32.4 Å². The zero-order valence-electron chi connectivity index (χ0n) is 12.5. The van der Waals surface area contributed by atoms with Crippen molar-refractivity contribution in [3.05, 3.63) is 29.3 Å². The van der Waals surface area contributed by atoms with Crippen LogP contribution in [0.5, 0.6) is 5.75 Å². The SMILES string of the molecule is COc1c(F)cc(F)cc1C(N)CNC(=O)OC(C)(C)C. The molecule has 7 heteroatoms. The zero-order valence-corrected chi connectivity index (χ0v) is 12.5. The second kappa shape index (κ2) is 6.71. The summed E-state index contributed by atoms with van der Waals surface area (Å²) >= 11 is 0. The molecule has 0 bridgehead atoms. The zero-order chi connectivity index (χ0) is 16.2. The fourth-order valence-electron chi connectivity index (χ4n) is 1.69. The van der Waals surface area contributed by atoms with Crippen LogP contribution in [0.3, 0.4) is 0 Å². The highest BCUT2D eigenvalue weighted by Crippen LogP contribution is 2.28. The van der Waals surface area contributed by atoms with Crippen molar-refractivity contribution in [2.75, 3.05) is 13.7 Å². The molecule has 0 aromatic heterocycles. The fraction of sp³-hybridized carbons (Fsp3) is 0.500. The maximum Gasteiger partial charge on any atom is 0.407 e. The molecule has 0 saturated carbocycles. The molecule has 0 aliphatic rings. The van der Waals surface area contributed by atoms with E-state index in [0.717, 1.165) is 6.07 Å². The van der Waals surface area contributed by atoms with Gasteiger partial charge in [0.2, 0.25) is 0 Å². The number of rotatable bonds is 4. The number of alkyl carbamates (subject to hydrolysis) is 1. The molecule has 1 unspecified atom stereocenters. The number of nitrogens with one attached hydrogen (secondary N) is 1. The molecule has 0 aliphatic carbocycles. The Bertz CT molecular complexity index is 516. The van der Waals surface area contributed by atoms with Crippen LogP contribution in [0.2, 0.25) is 0 Å². The first-order valence-electron chi connectivity index (χ1n) is 6.39. The lowest BCUT2D eigenvalue weighted by molar-refractivity contribution is 0.0524. The number of nitrogens with two attached hydrogens (primary N) is 1. The van der Waals surface area contributed by atoms with E-state index < -0.39 is 29.4 Å². The van der Waals surface area contributed by atoms with Gasteiger partial charge in [-0.25, -0.2) is 13.6 Å². The third-order valence-corrected chi connectivity index (χ3v) is 2.51. The highest BCUT2D eigenvalue weighted by atomic mass is 19.1. The van der Waals surface area contributed by atoms with Gasteiger partial charge >= 0.3 is 6.09 Å². The van der Waals surface area contributed by atoms with Crippen molar-refractivity contribution in [2.24, 2.45) is 5.73 Å². The summed E-state index contributed by atoms with van der Waals surface area (Å²) in [5, 5.41) is 2.44. The number of hydrogen-bond acceptors (Lipinski definition) is 4. The molecule has 3 N–H and O–H groups in total. The topological polar surface area (TPSA) is 73.6 Å². The van der Waals surface area contributed by atoms with Gasteiger partial charge in [0, 0.05) is 18.2 Å². The summed E-state index contributed by atoms with van der Waals surface area (Å²) in [5.74, 6) is -1.76. The predicted molar refractivity (Wildman–Crippen MR) is 74.1 cm³/mol. The molecule has 1 amide bonds. The van der Waals surface area contributed by atoms with Gasteiger partial charge in [-0.05, 0) is 26.8 Å². The molecule has 1 rings (SSSR count). The first-order valence-corrected chi connectivity index (χ1v) is 6.39. The third kappa shape index (κ3) is 5.18. The van der Waals surface area contributed by atoms with Crippen molar-refractivity contribution in [1.29, 1.82) is 0 Å². The Labute approximate surface area is 122 Å². The van der Waals surface area contributed by atoms with Crippen LogP contribution in [0, 0.1) is 11.6 Å². The number of carbonyl (C=O) groups excluding carboxylic acids is 1. The van der Waals surface area contributed by atoms with Crippen molar-refractivity contribution in [3.63, 3.8) is 0 Å². The average Bonchev–Trinajstić information content (AvgIpc) is 2.33. The number of methoxy groups -OCH3 is 1. The molecule has 0 radical (unpaired) electrons. The van der Waals surface area contributed by atoms with Crippen LogP contribution in [-0.2, 0) is 4.74 Å². The van der Waals surface area contributed by atoms with Crippen LogP contribution >= 0.6 is 0 Å². The van der Waals surface area contributed by atoms with Crippen molar-refractivity contribution in [3.8, 4) is 5.75 Å². The molecule has 118 valence electrons. The highest BCUT2D eigenvalue weighted by Gasteiger charge is 2.20. The Morgan fingerprint density at radius 3 is 2.52 bits per heavy atom. The summed E-state index contributed by atoms with van der Waals surface area (Å²) in [6.07, 6.45) is -0.659. The van der Waals surface area contributed by atoms with Gasteiger partial charge in [0.1, 0.15) is 11.4 Å². The minimum atomic E-state index is -0.847. The number of amides is 1. The molecule has 0 heterocycles. The van der Waals surface area contributed by atoms with Crippen LogP contribution in [-0.4, -0.2) is 25.3 Å². The van der Waals surface area contributed by atoms with Gasteiger partial charge in [0.25, 0.3) is 0 Å². The van der Waals surface area contributed by atoms with Crippen LogP contribution in [0.4, 0.5) is 13.6 Å². The summed E-state index contributed by atoms with van der Waals surface area (Å²) < 4.78 is 36.7. The van der Waals surface area contributed by atoms with Gasteiger partial charge in [-0.1, -0.05) is 0 Å². The lowest BCUT2D eigenvalue weighted by atomic mass is 10.1. The number of carbonyl (C=O) groups is 1. The Hall–Kier alpha value is -1.89. The van der Waals surface area contributed by atoms with E-state index in [1.54, 1.807) is 20.8 Å². The fourth-order valence-corrected chi connectivity index (χ4v) is 1.69. The monoisotopic (exact) mass is 302 g/mol. The van der Waals surface area contributed by atoms with Gasteiger partial charge in [-0.15, -0.1) is 0 Å². The minimum absolute atomic E-state index is 0.0475. The standard InChI is InChI=1S/C14H20F2N2O3/c1-14(2,3)21-13(19)18-7-11(17)9-5-8(15)6-10(16)12(9)20-4/h5-6,11H,7,17H2,1-4H3,(H,18,19). The highest BCUT2D eigenvalue weighted by molar-refractivity contribution is 5.67. The van der Waals surface area contributed by atoms with Gasteiger partial charge in [-0.3, -0.25) is 0 Å². The average molecular weight is 302 g/mol. The maximum atomic E-state index is 13.6. The van der Waals surface area contributed by atoms with Crippen molar-refractivity contribution < 1.29 is 23.0 Å². The molecule has 0 spiro atoms. The maximum absolute atomic E-state index is 13.6. The largest absolute Gasteiger partial charge is 0.493 e. The van der Waals surface area contributed by atoms with E-state index in [4.69, 9.17) is 15.2 Å². The van der Waals surface area contributed by atoms with E-state index in [1.165, 1.54) is 7.11 Å². The molecule has 0 fully saturated rings. The first-order chi connectivity index (χ1) is 9.64. The summed E-state index contributed by atoms with van der Waals surface area (Å²) in [6.45, 7) is 5.11. The number of halogens is 2. The molecule has 1 aromatic rings. The summed E-state index contributed by atoms with van der Waals surface area (Å²) in [6, 6.07) is 0.942. The Morgan fingerprint density at radius 1 is 1.38 bits per heavy atom. The van der Waals surface area contributed by atoms with Crippen LogP contribution < -0.4 is 15.8 Å². The molecule has 1 aromatic carbocycles. The second-order valence-electron chi connectivity index (χ2n) is 5.50. The van der Waals surface area contributed by atoms with Crippen LogP contribution in [0.1, 0.15) is 32.4 Å². The van der Waals surface area contributed by atoms with E-state index in [-0.39, 0.29) is 17.9 Å². The summed E-state index contributed by atoms with van der Waals surface area (Å²) in [7, 11) is 1.26. The van der Waals surface area contributed by atoms with Crippen LogP contribution in [0.25, 0.3) is 0 Å². The van der Waals surface area contributed by atoms with E-state index >= 15 is 0 Å². The van der Waals surface area contributed by atoms with Gasteiger partial charge in [0.15, 0.2) is 11.6 Å². The number of ether oxygens (including phenoxy) is 2. The first kappa shape index (κ1) is 17.2. The molecule has 0 saturated heterocycles. The lowest BCUT2D eigenvalue weighted by Gasteiger charge is -2.21.